The molecule has 0 radical (unpaired) electrons. The Bertz CT molecular complexity index is 37.1. The van der Waals surface area contributed by atoms with Crippen LogP contribution < -0.4 is 0 Å². The Labute approximate surface area is 55.7 Å². The Hall–Kier alpha value is 2.19. The van der Waals surface area contributed by atoms with Crippen LogP contribution in [0.3, 0.4) is 0 Å². The first-order valence-electron chi connectivity index (χ1n) is 0.570. The topological polar surface area (TPSA) is 0 Å². The van der Waals surface area contributed by atoms with Gasteiger partial charge in [-0.2, -0.15) is 0 Å². The second-order valence-corrected chi connectivity index (χ2v) is 31.7. The number of rotatable bonds is 0. The summed E-state index contributed by atoms with van der Waals surface area (Å²) < 4.78 is 0. The monoisotopic (exact) mass is 372 g/mol. The molecule has 0 N–H and O–H groups in total. The van der Waals surface area contributed by atoms with Crippen LogP contribution in [0.1, 0.15) is 0 Å². The van der Waals surface area contributed by atoms with Crippen LogP contribution in [0.5, 0.6) is 0 Å². The minimum atomic E-state index is -4.14. The molecule has 0 spiro atoms. The van der Waals surface area contributed by atoms with Crippen molar-refractivity contribution in [3.63, 3.8) is 0 Å². The first-order valence-corrected chi connectivity index (χ1v) is 14.0. The number of hydrogen-bond donors (Lipinski definition) is 0. The molecule has 0 aromatic carbocycles. The summed E-state index contributed by atoms with van der Waals surface area (Å²) in [5.74, 6) is 0. The van der Waals surface area contributed by atoms with E-state index in [0.717, 1.165) is 0 Å². The van der Waals surface area contributed by atoms with Gasteiger partial charge in [-0.25, -0.2) is 0 Å². The van der Waals surface area contributed by atoms with Crippen LogP contribution >= 0.6 is 45.9 Å². The quantitative estimate of drug-likeness (QED) is 0.570. The molecule has 0 amide bonds. The van der Waals surface area contributed by atoms with Crippen molar-refractivity contribution < 1.29 is 10.4 Å². The van der Waals surface area contributed by atoms with Gasteiger partial charge in [-0.3, -0.25) is 0 Å². The van der Waals surface area contributed by atoms with E-state index in [1.807, 2.05) is 0 Å². The molecule has 0 unspecified atom stereocenters. The third kappa shape index (κ3) is 34.8. The van der Waals surface area contributed by atoms with Gasteiger partial charge in [0, 0.05) is 0 Å². The molecule has 0 saturated heterocycles. The summed E-state index contributed by atoms with van der Waals surface area (Å²) in [5.41, 5.74) is 0. The van der Waals surface area contributed by atoms with Crippen molar-refractivity contribution in [1.29, 1.82) is 0 Å². The van der Waals surface area contributed by atoms with E-state index >= 15 is 0 Å². The average Bonchev–Trinajstić information content (AvgIpc) is 0.650. The van der Waals surface area contributed by atoms with E-state index in [-0.39, 0.29) is 0 Å². The SMILES string of the molecule is [Cl][Au]([Cl])([Cl])([Cl])[Cl]. The molecule has 0 heterocycles. The molecule has 0 saturated carbocycles. The van der Waals surface area contributed by atoms with Crippen LogP contribution in [0.15, 0.2) is 0 Å². The molecule has 0 aromatic rings. The molecular weight excluding hydrogens is 374 g/mol. The van der Waals surface area contributed by atoms with Crippen LogP contribution in [0.25, 0.3) is 0 Å². The van der Waals surface area contributed by atoms with Crippen molar-refractivity contribution in [2.24, 2.45) is 0 Å². The standard InChI is InChI=1S/Au.5ClH/h;5*1H/q+5;;;;;/p-5. The van der Waals surface area contributed by atoms with Gasteiger partial charge in [-0.15, -0.1) is 0 Å². The van der Waals surface area contributed by atoms with Crippen molar-refractivity contribution >= 4 is 45.9 Å². The van der Waals surface area contributed by atoms with Crippen molar-refractivity contribution in [1.82, 2.24) is 0 Å². The number of halogens is 5. The van der Waals surface area contributed by atoms with Gasteiger partial charge in [-0.1, -0.05) is 0 Å². The van der Waals surface area contributed by atoms with Crippen LogP contribution in [0.4, 0.5) is 0 Å². The van der Waals surface area contributed by atoms with Crippen molar-refractivity contribution in [3.05, 3.63) is 0 Å². The van der Waals surface area contributed by atoms with Gasteiger partial charge < -0.3 is 0 Å². The zero-order valence-corrected chi connectivity index (χ0v) is 8.14. The van der Waals surface area contributed by atoms with Gasteiger partial charge >= 0.3 is 56.4 Å². The Kier molecular flexibility index (Phi) is 2.53. The Morgan fingerprint density at radius 1 is 0.667 bits per heavy atom. The van der Waals surface area contributed by atoms with E-state index in [0.29, 0.717) is 0 Å². The van der Waals surface area contributed by atoms with Gasteiger partial charge in [0.15, 0.2) is 0 Å². The molecular formula is AuCl5. The molecule has 0 aliphatic rings. The predicted octanol–water partition coefficient (Wildman–Crippen LogP) is 3.44. The maximum atomic E-state index is 5.03. The molecule has 0 nitrogen and oxygen atoms in total. The van der Waals surface area contributed by atoms with E-state index in [1.165, 1.54) is 0 Å². The summed E-state index contributed by atoms with van der Waals surface area (Å²) in [6.07, 6.45) is 0. The normalized spacial score (nSPS) is 19.2. The van der Waals surface area contributed by atoms with Crippen LogP contribution in [-0.2, 0) is 10.4 Å². The Morgan fingerprint density at radius 3 is 0.667 bits per heavy atom. The molecule has 0 aromatic heterocycles. The van der Waals surface area contributed by atoms with E-state index in [9.17, 15) is 0 Å². The Morgan fingerprint density at radius 2 is 0.667 bits per heavy atom. The fourth-order valence-electron chi connectivity index (χ4n) is 0. The van der Waals surface area contributed by atoms with E-state index in [2.05, 4.69) is 0 Å². The fraction of sp³-hybridized carbons (Fsp3) is 0. The Balaban J connectivity index is 3.73. The zero-order chi connectivity index (χ0) is 5.45. The van der Waals surface area contributed by atoms with Gasteiger partial charge in [0.1, 0.15) is 0 Å². The minimum absolute atomic E-state index is 4.14. The summed E-state index contributed by atoms with van der Waals surface area (Å²) in [6.45, 7) is 0. The van der Waals surface area contributed by atoms with E-state index < -0.39 is 10.4 Å². The fourth-order valence-corrected chi connectivity index (χ4v) is 0. The summed E-state index contributed by atoms with van der Waals surface area (Å²) in [4.78, 5) is 0. The van der Waals surface area contributed by atoms with Crippen LogP contribution in [0, 0.1) is 0 Å². The second-order valence-electron chi connectivity index (χ2n) is 0.431. The molecule has 6 heavy (non-hydrogen) atoms. The van der Waals surface area contributed by atoms with Gasteiger partial charge in [-0.05, 0) is 0 Å². The first-order chi connectivity index (χ1) is 2.24. The molecule has 0 fully saturated rings. The van der Waals surface area contributed by atoms with Gasteiger partial charge in [0.2, 0.25) is 0 Å². The molecule has 0 atom stereocenters. The van der Waals surface area contributed by atoms with Crippen molar-refractivity contribution in [3.8, 4) is 0 Å². The van der Waals surface area contributed by atoms with E-state index in [4.69, 9.17) is 45.9 Å². The van der Waals surface area contributed by atoms with Crippen molar-refractivity contribution in [2.45, 2.75) is 0 Å². The number of hydrogen-bond acceptors (Lipinski definition) is 0. The van der Waals surface area contributed by atoms with Crippen molar-refractivity contribution in [2.75, 3.05) is 0 Å². The van der Waals surface area contributed by atoms with Crippen LogP contribution in [0.2, 0.25) is 0 Å². The summed E-state index contributed by atoms with van der Waals surface area (Å²) in [5, 5.41) is 0. The molecule has 6 heteroatoms. The molecule has 0 bridgehead atoms. The summed E-state index contributed by atoms with van der Waals surface area (Å²) >= 11 is 0. The molecule has 0 rings (SSSR count). The molecule has 0 aliphatic carbocycles. The zero-order valence-electron chi connectivity index (χ0n) is 2.19. The van der Waals surface area contributed by atoms with Crippen LogP contribution in [-0.4, -0.2) is 0 Å². The summed E-state index contributed by atoms with van der Waals surface area (Å²) in [6, 6.07) is 0. The van der Waals surface area contributed by atoms with Gasteiger partial charge in [0.05, 0.1) is 0 Å². The second kappa shape index (κ2) is 1.85. The molecule has 0 aliphatic heterocycles. The predicted molar refractivity (Wildman–Crippen MR) is 29.3 cm³/mol. The summed E-state index contributed by atoms with van der Waals surface area (Å²) in [7, 11) is 21.0. The average molecular weight is 374 g/mol. The molecule has 46 valence electrons. The maximum absolute atomic E-state index is 5.03. The van der Waals surface area contributed by atoms with E-state index in [1.54, 1.807) is 0 Å². The third-order valence-electron chi connectivity index (χ3n) is 0. The third-order valence-corrected chi connectivity index (χ3v) is 0. The first kappa shape index (κ1) is 8.19. The van der Waals surface area contributed by atoms with Gasteiger partial charge in [0.25, 0.3) is 0 Å².